The lowest BCUT2D eigenvalue weighted by atomic mass is 10.0. The average molecular weight is 302 g/mol. The van der Waals surface area contributed by atoms with Crippen molar-refractivity contribution in [2.24, 2.45) is 0 Å². The van der Waals surface area contributed by atoms with Gasteiger partial charge in [0.25, 0.3) is 0 Å². The summed E-state index contributed by atoms with van der Waals surface area (Å²) in [5.74, 6) is 0. The van der Waals surface area contributed by atoms with E-state index in [2.05, 4.69) is 32.1 Å². The van der Waals surface area contributed by atoms with E-state index in [0.29, 0.717) is 0 Å². The van der Waals surface area contributed by atoms with E-state index >= 15 is 0 Å². The van der Waals surface area contributed by atoms with Crippen molar-refractivity contribution in [2.75, 3.05) is 0 Å². The van der Waals surface area contributed by atoms with Crippen molar-refractivity contribution in [3.63, 3.8) is 0 Å². The molecule has 0 radical (unpaired) electrons. The maximum Gasteiger partial charge on any atom is 0.345 e. The first-order valence-corrected chi connectivity index (χ1v) is 7.30. The molecule has 0 saturated heterocycles. The lowest BCUT2D eigenvalue weighted by molar-refractivity contribution is 1.03. The van der Waals surface area contributed by atoms with E-state index < -0.39 is 0 Å². The molecule has 0 atom stereocenters. The molecule has 0 aliphatic rings. The van der Waals surface area contributed by atoms with Gasteiger partial charge >= 0.3 is 5.69 Å². The number of aromatic amines is 2. The summed E-state index contributed by atoms with van der Waals surface area (Å²) >= 11 is 0. The summed E-state index contributed by atoms with van der Waals surface area (Å²) in [4.78, 5) is 25.3. The van der Waals surface area contributed by atoms with Gasteiger partial charge in [-0.15, -0.1) is 0 Å². The summed E-state index contributed by atoms with van der Waals surface area (Å²) in [6.07, 6.45) is 5.27. The van der Waals surface area contributed by atoms with Gasteiger partial charge in [-0.1, -0.05) is 6.07 Å². The van der Waals surface area contributed by atoms with E-state index in [9.17, 15) is 4.79 Å². The van der Waals surface area contributed by atoms with Crippen LogP contribution in [0.1, 0.15) is 5.69 Å². The molecule has 0 spiro atoms. The average Bonchev–Trinajstić information content (AvgIpc) is 2.99. The van der Waals surface area contributed by atoms with Crippen LogP contribution in [0.25, 0.3) is 33.3 Å². The molecule has 112 valence electrons. The van der Waals surface area contributed by atoms with Crippen LogP contribution in [0.3, 0.4) is 0 Å². The number of pyridine rings is 1. The van der Waals surface area contributed by atoms with Crippen molar-refractivity contribution < 1.29 is 0 Å². The minimum atomic E-state index is -0.325. The van der Waals surface area contributed by atoms with Crippen LogP contribution in [0, 0.1) is 6.92 Å². The third-order valence-corrected chi connectivity index (χ3v) is 3.92. The van der Waals surface area contributed by atoms with Gasteiger partial charge in [-0.25, -0.2) is 4.79 Å². The van der Waals surface area contributed by atoms with Gasteiger partial charge in [-0.2, -0.15) is 4.98 Å². The number of aryl methyl sites for hydroxylation is 1. The van der Waals surface area contributed by atoms with Crippen LogP contribution in [0.5, 0.6) is 0 Å². The minimum absolute atomic E-state index is 0.325. The van der Waals surface area contributed by atoms with Crippen molar-refractivity contribution in [3.8, 4) is 22.4 Å². The molecule has 4 rings (SSSR count). The minimum Gasteiger partial charge on any atom is -0.355 e. The number of fused-ring (bicyclic) bond motifs is 1. The number of hydrogen-bond acceptors (Lipinski definition) is 3. The van der Waals surface area contributed by atoms with Crippen LogP contribution in [0.4, 0.5) is 0 Å². The summed E-state index contributed by atoms with van der Waals surface area (Å²) < 4.78 is 0. The molecule has 0 unspecified atom stereocenters. The molecule has 3 heterocycles. The Morgan fingerprint density at radius 2 is 1.83 bits per heavy atom. The Hall–Kier alpha value is -3.21. The van der Waals surface area contributed by atoms with Gasteiger partial charge in [0, 0.05) is 46.3 Å². The normalized spacial score (nSPS) is 11.0. The van der Waals surface area contributed by atoms with E-state index in [1.807, 2.05) is 31.2 Å². The predicted molar refractivity (Wildman–Crippen MR) is 90.1 cm³/mol. The number of nitrogens with one attached hydrogen (secondary N) is 2. The zero-order valence-corrected chi connectivity index (χ0v) is 12.5. The number of aromatic nitrogens is 4. The van der Waals surface area contributed by atoms with Crippen molar-refractivity contribution in [3.05, 3.63) is 71.2 Å². The molecule has 2 N–H and O–H groups in total. The molecule has 5 nitrogen and oxygen atoms in total. The van der Waals surface area contributed by atoms with Gasteiger partial charge < -0.3 is 9.97 Å². The van der Waals surface area contributed by atoms with Crippen LogP contribution in [0.15, 0.2) is 59.8 Å². The van der Waals surface area contributed by atoms with Crippen molar-refractivity contribution in [1.29, 1.82) is 0 Å². The maximum atomic E-state index is 11.3. The van der Waals surface area contributed by atoms with Crippen LogP contribution >= 0.6 is 0 Å². The summed E-state index contributed by atoms with van der Waals surface area (Å²) in [5, 5.41) is 1.11. The second-order valence-electron chi connectivity index (χ2n) is 5.43. The number of H-pyrrole nitrogens is 2. The lowest BCUT2D eigenvalue weighted by Crippen LogP contribution is -2.11. The first-order chi connectivity index (χ1) is 11.2. The van der Waals surface area contributed by atoms with Gasteiger partial charge in [-0.3, -0.25) is 4.98 Å². The summed E-state index contributed by atoms with van der Waals surface area (Å²) in [5.41, 5.74) is 5.57. The summed E-state index contributed by atoms with van der Waals surface area (Å²) in [6, 6.07) is 12.2. The standard InChI is InChI=1S/C18H14N4O/c1-11-15(10-20-18(23)21-11)13-2-3-16-14(8-13)9-17(22-16)12-4-6-19-7-5-12/h2-10,22H,1H3,(H,20,21,23). The van der Waals surface area contributed by atoms with E-state index in [-0.39, 0.29) is 5.69 Å². The largest absolute Gasteiger partial charge is 0.355 e. The van der Waals surface area contributed by atoms with Gasteiger partial charge in [0.1, 0.15) is 0 Å². The van der Waals surface area contributed by atoms with Crippen molar-refractivity contribution in [2.45, 2.75) is 6.92 Å². The van der Waals surface area contributed by atoms with Crippen molar-refractivity contribution >= 4 is 10.9 Å². The SMILES string of the molecule is Cc1nc(=O)[nH]cc1-c1ccc2[nH]c(-c3ccncc3)cc2c1. The molecule has 5 heteroatoms. The second kappa shape index (κ2) is 5.21. The summed E-state index contributed by atoms with van der Waals surface area (Å²) in [6.45, 7) is 1.84. The highest BCUT2D eigenvalue weighted by molar-refractivity contribution is 5.89. The van der Waals surface area contributed by atoms with Crippen LogP contribution in [-0.2, 0) is 0 Å². The quantitative estimate of drug-likeness (QED) is 0.596. The second-order valence-corrected chi connectivity index (χ2v) is 5.43. The van der Waals surface area contributed by atoms with E-state index in [1.54, 1.807) is 18.6 Å². The monoisotopic (exact) mass is 302 g/mol. The molecule has 23 heavy (non-hydrogen) atoms. The van der Waals surface area contributed by atoms with Crippen molar-refractivity contribution in [1.82, 2.24) is 19.9 Å². The zero-order chi connectivity index (χ0) is 15.8. The summed E-state index contributed by atoms with van der Waals surface area (Å²) in [7, 11) is 0. The Morgan fingerprint density at radius 3 is 2.61 bits per heavy atom. The molecule has 0 saturated carbocycles. The van der Waals surface area contributed by atoms with Crippen LogP contribution < -0.4 is 5.69 Å². The molecule has 1 aromatic carbocycles. The highest BCUT2D eigenvalue weighted by Crippen LogP contribution is 2.28. The molecular weight excluding hydrogens is 288 g/mol. The maximum absolute atomic E-state index is 11.3. The molecule has 0 aliphatic heterocycles. The fourth-order valence-electron chi connectivity index (χ4n) is 2.76. The third kappa shape index (κ3) is 2.42. The molecular formula is C18H14N4O. The number of benzene rings is 1. The number of rotatable bonds is 2. The lowest BCUT2D eigenvalue weighted by Gasteiger charge is -2.04. The van der Waals surface area contributed by atoms with Crippen LogP contribution in [0.2, 0.25) is 0 Å². The fourth-order valence-corrected chi connectivity index (χ4v) is 2.76. The predicted octanol–water partition coefficient (Wildman–Crippen LogP) is 3.29. The van der Waals surface area contributed by atoms with Gasteiger partial charge in [0.2, 0.25) is 0 Å². The Morgan fingerprint density at radius 1 is 1.00 bits per heavy atom. The number of nitrogens with zero attached hydrogens (tertiary/aromatic N) is 2. The fraction of sp³-hybridized carbons (Fsp3) is 0.0556. The van der Waals surface area contributed by atoms with Gasteiger partial charge in [0.05, 0.1) is 5.69 Å². The smallest absolute Gasteiger partial charge is 0.345 e. The topological polar surface area (TPSA) is 74.4 Å². The highest BCUT2D eigenvalue weighted by Gasteiger charge is 2.07. The molecule has 0 fully saturated rings. The zero-order valence-electron chi connectivity index (χ0n) is 12.5. The molecule has 0 amide bonds. The van der Waals surface area contributed by atoms with Gasteiger partial charge in [-0.05, 0) is 42.8 Å². The molecule has 3 aromatic heterocycles. The third-order valence-electron chi connectivity index (χ3n) is 3.92. The van der Waals surface area contributed by atoms with Crippen LogP contribution in [-0.4, -0.2) is 19.9 Å². The molecule has 0 aliphatic carbocycles. The Kier molecular flexibility index (Phi) is 3.05. The first-order valence-electron chi connectivity index (χ1n) is 7.30. The molecule has 0 bridgehead atoms. The van der Waals surface area contributed by atoms with E-state index in [1.165, 1.54) is 0 Å². The highest BCUT2D eigenvalue weighted by atomic mass is 16.1. The molecule has 4 aromatic rings. The van der Waals surface area contributed by atoms with E-state index in [0.717, 1.165) is 39.0 Å². The van der Waals surface area contributed by atoms with Gasteiger partial charge in [0.15, 0.2) is 0 Å². The first kappa shape index (κ1) is 13.5. The Bertz CT molecular complexity index is 1050. The van der Waals surface area contributed by atoms with E-state index in [4.69, 9.17) is 0 Å². The Labute approximate surface area is 132 Å². The Balaban J connectivity index is 1.83. The number of hydrogen-bond donors (Lipinski definition) is 2.